The Hall–Kier alpha value is -3.29. The molecule has 0 unspecified atom stereocenters. The van der Waals surface area contributed by atoms with Gasteiger partial charge in [0.25, 0.3) is 5.91 Å². The third kappa shape index (κ3) is 5.36. The van der Waals surface area contributed by atoms with Gasteiger partial charge in [-0.05, 0) is 74.9 Å². The first-order valence-corrected chi connectivity index (χ1v) is 12.3. The third-order valence-corrected chi connectivity index (χ3v) is 7.03. The van der Waals surface area contributed by atoms with Crippen molar-refractivity contribution in [2.45, 2.75) is 56.8 Å². The summed E-state index contributed by atoms with van der Waals surface area (Å²) >= 11 is 0. The molecule has 35 heavy (non-hydrogen) atoms. The summed E-state index contributed by atoms with van der Waals surface area (Å²) < 4.78 is 40.1. The Balaban J connectivity index is 1.19. The SMILES string of the molecule is O=C(N[C@H]1CC[C@@H](Nc2cc(C(F)(F)F)nc3ccccc23)CC1)c1ccc(N2CCCC2)cc1. The summed E-state index contributed by atoms with van der Waals surface area (Å²) in [6.07, 6.45) is 0.971. The first-order valence-electron chi connectivity index (χ1n) is 12.3. The quantitative estimate of drug-likeness (QED) is 0.468. The van der Waals surface area contributed by atoms with Crippen molar-refractivity contribution in [1.29, 1.82) is 0 Å². The fraction of sp³-hybridized carbons (Fsp3) is 0.407. The number of nitrogens with one attached hydrogen (secondary N) is 2. The number of anilines is 2. The molecule has 2 aliphatic rings. The van der Waals surface area contributed by atoms with Gasteiger partial charge in [0.15, 0.2) is 0 Å². The number of pyridine rings is 1. The second-order valence-corrected chi connectivity index (χ2v) is 9.48. The number of rotatable bonds is 5. The molecule has 1 aromatic heterocycles. The molecule has 1 saturated heterocycles. The molecular formula is C27H29F3N4O. The Morgan fingerprint density at radius 3 is 2.26 bits per heavy atom. The summed E-state index contributed by atoms with van der Waals surface area (Å²) in [4.78, 5) is 18.9. The van der Waals surface area contributed by atoms with Gasteiger partial charge in [-0.15, -0.1) is 0 Å². The van der Waals surface area contributed by atoms with Crippen molar-refractivity contribution < 1.29 is 18.0 Å². The maximum absolute atomic E-state index is 13.4. The van der Waals surface area contributed by atoms with Crippen LogP contribution in [0.25, 0.3) is 10.9 Å². The zero-order valence-corrected chi connectivity index (χ0v) is 19.4. The number of carbonyl (C=O) groups excluding carboxylic acids is 1. The van der Waals surface area contributed by atoms with E-state index in [0.717, 1.165) is 50.5 Å². The molecule has 0 bridgehead atoms. The van der Waals surface area contributed by atoms with Gasteiger partial charge in [0.2, 0.25) is 0 Å². The molecule has 1 amide bonds. The van der Waals surface area contributed by atoms with E-state index < -0.39 is 11.9 Å². The number of hydrogen-bond acceptors (Lipinski definition) is 4. The Bertz CT molecular complexity index is 1180. The van der Waals surface area contributed by atoms with E-state index in [4.69, 9.17) is 0 Å². The van der Waals surface area contributed by atoms with Crippen molar-refractivity contribution in [2.24, 2.45) is 0 Å². The monoisotopic (exact) mass is 482 g/mol. The van der Waals surface area contributed by atoms with Crippen molar-refractivity contribution in [2.75, 3.05) is 23.3 Å². The predicted octanol–water partition coefficient (Wildman–Crippen LogP) is 6.01. The summed E-state index contributed by atoms with van der Waals surface area (Å²) in [5, 5.41) is 7.12. The van der Waals surface area contributed by atoms with E-state index in [1.54, 1.807) is 24.3 Å². The zero-order valence-electron chi connectivity index (χ0n) is 19.4. The van der Waals surface area contributed by atoms with E-state index in [1.807, 2.05) is 24.3 Å². The topological polar surface area (TPSA) is 57.3 Å². The number of halogens is 3. The lowest BCUT2D eigenvalue weighted by molar-refractivity contribution is -0.140. The van der Waals surface area contributed by atoms with Crippen LogP contribution in [0.15, 0.2) is 54.6 Å². The van der Waals surface area contributed by atoms with Gasteiger partial charge in [-0.25, -0.2) is 4.98 Å². The van der Waals surface area contributed by atoms with E-state index in [9.17, 15) is 18.0 Å². The number of fused-ring (bicyclic) bond motifs is 1. The van der Waals surface area contributed by atoms with Gasteiger partial charge < -0.3 is 15.5 Å². The largest absolute Gasteiger partial charge is 0.433 e. The van der Waals surface area contributed by atoms with Gasteiger partial charge in [-0.1, -0.05) is 18.2 Å². The Morgan fingerprint density at radius 1 is 0.914 bits per heavy atom. The molecule has 1 saturated carbocycles. The van der Waals surface area contributed by atoms with E-state index in [-0.39, 0.29) is 18.0 Å². The lowest BCUT2D eigenvalue weighted by Crippen LogP contribution is -2.40. The van der Waals surface area contributed by atoms with Gasteiger partial charge in [0.05, 0.1) is 5.52 Å². The van der Waals surface area contributed by atoms with Crippen LogP contribution in [0, 0.1) is 0 Å². The van der Waals surface area contributed by atoms with Crippen molar-refractivity contribution in [3.05, 3.63) is 65.9 Å². The minimum absolute atomic E-state index is 0.0368. The normalized spacial score (nSPS) is 20.7. The average Bonchev–Trinajstić information content (AvgIpc) is 3.40. The highest BCUT2D eigenvalue weighted by molar-refractivity contribution is 5.95. The van der Waals surface area contributed by atoms with Crippen LogP contribution in [0.4, 0.5) is 24.5 Å². The number of nitrogens with zero attached hydrogens (tertiary/aromatic N) is 2. The number of alkyl halides is 3. The van der Waals surface area contributed by atoms with E-state index in [1.165, 1.54) is 12.8 Å². The lowest BCUT2D eigenvalue weighted by Gasteiger charge is -2.31. The Kier molecular flexibility index (Phi) is 6.54. The summed E-state index contributed by atoms with van der Waals surface area (Å²) in [5.74, 6) is -0.0793. The van der Waals surface area contributed by atoms with Crippen LogP contribution in [0.3, 0.4) is 0 Å². The summed E-state index contributed by atoms with van der Waals surface area (Å²) in [5.41, 5.74) is 1.68. The number of aromatic nitrogens is 1. The zero-order chi connectivity index (χ0) is 24.4. The molecule has 1 aliphatic heterocycles. The Labute approximate surface area is 202 Å². The fourth-order valence-electron chi connectivity index (χ4n) is 5.11. The van der Waals surface area contributed by atoms with E-state index in [0.29, 0.717) is 22.2 Å². The predicted molar refractivity (Wildman–Crippen MR) is 132 cm³/mol. The molecule has 5 nitrogen and oxygen atoms in total. The van der Waals surface area contributed by atoms with Crippen molar-refractivity contribution in [1.82, 2.24) is 10.3 Å². The number of amides is 1. The second kappa shape index (κ2) is 9.76. The molecule has 1 aliphatic carbocycles. The molecule has 0 atom stereocenters. The van der Waals surface area contributed by atoms with Crippen molar-refractivity contribution in [3.63, 3.8) is 0 Å². The highest BCUT2D eigenvalue weighted by Crippen LogP contribution is 2.34. The molecule has 0 radical (unpaired) electrons. The minimum atomic E-state index is -4.50. The molecule has 8 heteroatoms. The smallest absolute Gasteiger partial charge is 0.382 e. The Morgan fingerprint density at radius 2 is 1.57 bits per heavy atom. The highest BCUT2D eigenvalue weighted by atomic mass is 19.4. The van der Waals surface area contributed by atoms with E-state index in [2.05, 4.69) is 20.5 Å². The van der Waals surface area contributed by atoms with Gasteiger partial charge in [-0.2, -0.15) is 13.2 Å². The molecule has 2 N–H and O–H groups in total. The van der Waals surface area contributed by atoms with Crippen LogP contribution >= 0.6 is 0 Å². The summed E-state index contributed by atoms with van der Waals surface area (Å²) in [6.45, 7) is 2.13. The van der Waals surface area contributed by atoms with Crippen LogP contribution in [0.2, 0.25) is 0 Å². The number of hydrogen-bond donors (Lipinski definition) is 2. The molecule has 3 aromatic rings. The molecule has 184 valence electrons. The molecule has 2 fully saturated rings. The van der Waals surface area contributed by atoms with Crippen LogP contribution in [0.1, 0.15) is 54.6 Å². The molecule has 2 heterocycles. The highest BCUT2D eigenvalue weighted by Gasteiger charge is 2.34. The summed E-state index contributed by atoms with van der Waals surface area (Å²) in [7, 11) is 0. The number of para-hydroxylation sites is 1. The summed E-state index contributed by atoms with van der Waals surface area (Å²) in [6, 6.07) is 15.8. The third-order valence-electron chi connectivity index (χ3n) is 7.03. The van der Waals surface area contributed by atoms with E-state index >= 15 is 0 Å². The second-order valence-electron chi connectivity index (χ2n) is 9.48. The fourth-order valence-corrected chi connectivity index (χ4v) is 5.11. The van der Waals surface area contributed by atoms with Crippen LogP contribution in [0.5, 0.6) is 0 Å². The van der Waals surface area contributed by atoms with Gasteiger partial charge >= 0.3 is 6.18 Å². The maximum atomic E-state index is 13.4. The first-order chi connectivity index (χ1) is 16.9. The van der Waals surface area contributed by atoms with Gasteiger partial charge in [0.1, 0.15) is 5.69 Å². The molecular weight excluding hydrogens is 453 g/mol. The number of carbonyl (C=O) groups is 1. The maximum Gasteiger partial charge on any atom is 0.433 e. The van der Waals surface area contributed by atoms with Crippen molar-refractivity contribution in [3.8, 4) is 0 Å². The molecule has 0 spiro atoms. The molecule has 2 aromatic carbocycles. The van der Waals surface area contributed by atoms with Gasteiger partial charge in [-0.3, -0.25) is 4.79 Å². The van der Waals surface area contributed by atoms with Crippen molar-refractivity contribution >= 4 is 28.2 Å². The van der Waals surface area contributed by atoms with Crippen LogP contribution < -0.4 is 15.5 Å². The van der Waals surface area contributed by atoms with Gasteiger partial charge in [0, 0.05) is 47.5 Å². The minimum Gasteiger partial charge on any atom is -0.382 e. The van der Waals surface area contributed by atoms with Crippen LogP contribution in [-0.4, -0.2) is 36.1 Å². The standard InChI is InChI=1S/C27H29F3N4O/c28-27(29,30)25-17-24(22-5-1-2-6-23(22)33-25)31-19-9-11-20(12-10-19)32-26(35)18-7-13-21(14-8-18)34-15-3-4-16-34/h1-2,5-8,13-14,17,19-20H,3-4,9-12,15-16H2,(H,31,33)(H,32,35)/t19-,20+. The molecule has 5 rings (SSSR count). The lowest BCUT2D eigenvalue weighted by atomic mass is 9.90. The number of benzene rings is 2. The van der Waals surface area contributed by atoms with Crippen LogP contribution in [-0.2, 0) is 6.18 Å². The first kappa shape index (κ1) is 23.5. The average molecular weight is 483 g/mol.